The van der Waals surface area contributed by atoms with E-state index in [0.717, 1.165) is 31.0 Å². The molecule has 1 atom stereocenters. The number of aryl methyl sites for hydroxylation is 1. The van der Waals surface area contributed by atoms with Gasteiger partial charge in [0.05, 0.1) is 31.4 Å². The first-order valence-electron chi connectivity index (χ1n) is 7.96. The molecule has 1 aromatic heterocycles. The molecule has 1 fully saturated rings. The Labute approximate surface area is 150 Å². The Balaban J connectivity index is 0.00000208. The molecule has 0 spiro atoms. The second-order valence-corrected chi connectivity index (χ2v) is 5.99. The fraction of sp³-hybridized carbons (Fsp3) is 0.368. The van der Waals surface area contributed by atoms with Gasteiger partial charge < -0.3 is 9.64 Å². The van der Waals surface area contributed by atoms with Crippen molar-refractivity contribution in [3.8, 4) is 17.2 Å². The van der Waals surface area contributed by atoms with Gasteiger partial charge in [0.25, 0.3) is 0 Å². The highest BCUT2D eigenvalue weighted by Crippen LogP contribution is 2.28. The molecule has 3 rings (SSSR count). The van der Waals surface area contributed by atoms with Crippen molar-refractivity contribution in [3.63, 3.8) is 0 Å². The van der Waals surface area contributed by atoms with Gasteiger partial charge in [-0.1, -0.05) is 12.1 Å². The molecule has 0 aliphatic carbocycles. The lowest BCUT2D eigenvalue weighted by molar-refractivity contribution is 0.0989. The third kappa shape index (κ3) is 3.89. The maximum absolute atomic E-state index is 8.72. The summed E-state index contributed by atoms with van der Waals surface area (Å²) in [5.74, 6) is 0. The van der Waals surface area contributed by atoms with Crippen LogP contribution >= 0.6 is 13.5 Å². The Morgan fingerprint density at radius 1 is 1.33 bits per heavy atom. The van der Waals surface area contributed by atoms with Crippen LogP contribution in [0.2, 0.25) is 0 Å². The maximum Gasteiger partial charge on any atom is 0.0774 e. The van der Waals surface area contributed by atoms with Crippen molar-refractivity contribution < 1.29 is 4.74 Å². The van der Waals surface area contributed by atoms with E-state index in [1.165, 1.54) is 16.8 Å². The second kappa shape index (κ2) is 8.18. The third-order valence-electron chi connectivity index (χ3n) is 4.31. The topological polar surface area (TPSA) is 49.1 Å². The summed E-state index contributed by atoms with van der Waals surface area (Å²) in [5, 5.41) is 8.72. The Bertz CT molecular complexity index is 724. The zero-order valence-corrected chi connectivity index (χ0v) is 15.1. The second-order valence-electron chi connectivity index (χ2n) is 5.99. The minimum atomic E-state index is 0. The first-order chi connectivity index (χ1) is 11.2. The largest absolute Gasteiger partial charge is 0.377 e. The van der Waals surface area contributed by atoms with Gasteiger partial charge in [-0.15, -0.1) is 0 Å². The average molecular weight is 341 g/mol. The summed E-state index contributed by atoms with van der Waals surface area (Å²) in [4.78, 5) is 6.76. The Hall–Kier alpha value is -2.03. The van der Waals surface area contributed by atoms with Gasteiger partial charge >= 0.3 is 0 Å². The van der Waals surface area contributed by atoms with Gasteiger partial charge in [0.1, 0.15) is 0 Å². The van der Waals surface area contributed by atoms with Gasteiger partial charge in [-0.2, -0.15) is 18.8 Å². The summed E-state index contributed by atoms with van der Waals surface area (Å²) in [6.07, 6.45) is 2.21. The van der Waals surface area contributed by atoms with Crippen LogP contribution in [0.3, 0.4) is 0 Å². The normalized spacial score (nSPS) is 17.0. The van der Waals surface area contributed by atoms with E-state index in [0.29, 0.717) is 12.5 Å². The molecule has 0 radical (unpaired) electrons. The highest BCUT2D eigenvalue weighted by molar-refractivity contribution is 7.59. The maximum atomic E-state index is 8.72. The number of hydrogen-bond acceptors (Lipinski definition) is 4. The molecule has 0 unspecified atom stereocenters. The van der Waals surface area contributed by atoms with E-state index in [1.807, 2.05) is 18.3 Å². The lowest BCUT2D eigenvalue weighted by Crippen LogP contribution is -2.43. The van der Waals surface area contributed by atoms with Crippen molar-refractivity contribution >= 4 is 19.2 Å². The number of hydrogen-bond donors (Lipinski definition) is 0. The van der Waals surface area contributed by atoms with Gasteiger partial charge in [-0.3, -0.25) is 4.98 Å². The van der Waals surface area contributed by atoms with Crippen molar-refractivity contribution in [2.75, 3.05) is 24.7 Å². The van der Waals surface area contributed by atoms with Crippen molar-refractivity contribution in [1.82, 2.24) is 4.98 Å². The Morgan fingerprint density at radius 2 is 2.17 bits per heavy atom. The average Bonchev–Trinajstić information content (AvgIpc) is 2.56. The number of nitrogens with zero attached hydrogens (tertiary/aromatic N) is 3. The van der Waals surface area contributed by atoms with Gasteiger partial charge in [0, 0.05) is 30.0 Å². The molecule has 1 aliphatic heterocycles. The van der Waals surface area contributed by atoms with E-state index in [1.54, 1.807) is 0 Å². The van der Waals surface area contributed by atoms with Crippen LogP contribution in [-0.4, -0.2) is 30.8 Å². The molecule has 1 aliphatic rings. The molecular formula is C19H23N3OS. The molecule has 0 amide bonds. The number of ether oxygens (including phenoxy) is 1. The monoisotopic (exact) mass is 341 g/mol. The first-order valence-corrected chi connectivity index (χ1v) is 7.96. The number of aromatic nitrogens is 1. The van der Waals surface area contributed by atoms with Crippen LogP contribution in [0.1, 0.15) is 18.2 Å². The fourth-order valence-corrected chi connectivity index (χ4v) is 3.03. The number of nitriles is 1. The summed E-state index contributed by atoms with van der Waals surface area (Å²) >= 11 is 0. The van der Waals surface area contributed by atoms with Crippen LogP contribution < -0.4 is 4.90 Å². The van der Waals surface area contributed by atoms with Gasteiger partial charge in [-0.05, 0) is 43.2 Å². The van der Waals surface area contributed by atoms with Crippen molar-refractivity contribution in [2.45, 2.75) is 26.3 Å². The van der Waals surface area contributed by atoms with E-state index in [2.05, 4.69) is 48.0 Å². The van der Waals surface area contributed by atoms with Crippen LogP contribution in [-0.2, 0) is 11.2 Å². The third-order valence-corrected chi connectivity index (χ3v) is 4.31. The molecule has 2 aromatic rings. The van der Waals surface area contributed by atoms with Crippen molar-refractivity contribution in [1.29, 1.82) is 5.26 Å². The molecule has 0 bridgehead atoms. The number of morpholine rings is 1. The minimum Gasteiger partial charge on any atom is -0.377 e. The number of rotatable bonds is 3. The molecule has 0 saturated carbocycles. The summed E-state index contributed by atoms with van der Waals surface area (Å²) in [6, 6.07) is 13.1. The molecule has 1 saturated heterocycles. The Morgan fingerprint density at radius 3 is 2.79 bits per heavy atom. The molecule has 5 heteroatoms. The zero-order chi connectivity index (χ0) is 16.2. The van der Waals surface area contributed by atoms with Crippen molar-refractivity contribution in [2.24, 2.45) is 0 Å². The van der Waals surface area contributed by atoms with Crippen LogP contribution in [0.25, 0.3) is 11.1 Å². The van der Waals surface area contributed by atoms with Gasteiger partial charge in [-0.25, -0.2) is 0 Å². The molecule has 4 nitrogen and oxygen atoms in total. The van der Waals surface area contributed by atoms with Gasteiger partial charge in [0.15, 0.2) is 0 Å². The van der Waals surface area contributed by atoms with Crippen molar-refractivity contribution in [3.05, 3.63) is 47.8 Å². The van der Waals surface area contributed by atoms with E-state index >= 15 is 0 Å². The standard InChI is InChI=1S/C19H21N3O.H2S/c1-14-11-18(22-9-10-23-13-15(22)2)5-6-19(14)16-3-4-17(7-8-20)21-12-16;/h3-6,11-12,15H,7,9-10,13H2,1-2H3;1H2/t15-;/m1./s1. The number of anilines is 1. The molecule has 2 heterocycles. The van der Waals surface area contributed by atoms with E-state index < -0.39 is 0 Å². The van der Waals surface area contributed by atoms with Crippen LogP contribution in [0.5, 0.6) is 0 Å². The smallest absolute Gasteiger partial charge is 0.0774 e. The highest BCUT2D eigenvalue weighted by Gasteiger charge is 2.19. The first kappa shape index (κ1) is 18.3. The SMILES string of the molecule is Cc1cc(N2CCOC[C@H]2C)ccc1-c1ccc(CC#N)nc1.S. The zero-order valence-electron chi connectivity index (χ0n) is 14.1. The predicted molar refractivity (Wildman–Crippen MR) is 102 cm³/mol. The lowest BCUT2D eigenvalue weighted by atomic mass is 10.0. The molecule has 24 heavy (non-hydrogen) atoms. The summed E-state index contributed by atoms with van der Waals surface area (Å²) in [5.41, 5.74) is 5.57. The molecule has 1 aromatic carbocycles. The molecule has 126 valence electrons. The molecular weight excluding hydrogens is 318 g/mol. The Kier molecular flexibility index (Phi) is 6.24. The highest BCUT2D eigenvalue weighted by atomic mass is 32.1. The van der Waals surface area contributed by atoms with Crippen LogP contribution in [0, 0.1) is 18.3 Å². The number of pyridine rings is 1. The van der Waals surface area contributed by atoms with Crippen LogP contribution in [0.15, 0.2) is 36.5 Å². The lowest BCUT2D eigenvalue weighted by Gasteiger charge is -2.35. The summed E-state index contributed by atoms with van der Waals surface area (Å²) in [6.45, 7) is 6.83. The minimum absolute atomic E-state index is 0. The molecule has 0 N–H and O–H groups in total. The summed E-state index contributed by atoms with van der Waals surface area (Å²) in [7, 11) is 0. The number of benzene rings is 1. The van der Waals surface area contributed by atoms with Crippen LogP contribution in [0.4, 0.5) is 5.69 Å². The predicted octanol–water partition coefficient (Wildman–Crippen LogP) is 3.46. The van der Waals surface area contributed by atoms with Gasteiger partial charge in [0.2, 0.25) is 0 Å². The summed E-state index contributed by atoms with van der Waals surface area (Å²) < 4.78 is 5.51. The van der Waals surface area contributed by atoms with E-state index in [-0.39, 0.29) is 13.5 Å². The quantitative estimate of drug-likeness (QED) is 0.858. The fourth-order valence-electron chi connectivity index (χ4n) is 3.03. The van der Waals surface area contributed by atoms with E-state index in [4.69, 9.17) is 10.00 Å². The van der Waals surface area contributed by atoms with E-state index in [9.17, 15) is 0 Å².